The standard InChI is InChI=1S/C17H32N4O5S2/c1-9(2)7-12(20-14(22)10(3)18)15(23)21-13(8-27)16(24)19-11(17(25)26)5-6-28-4/h9-13,27H,5-8,18H2,1-4H3,(H,19,24)(H,20,22)(H,21,23)(H,25,26). The molecule has 0 aliphatic carbocycles. The molecule has 4 unspecified atom stereocenters. The maximum Gasteiger partial charge on any atom is 0.326 e. The van der Waals surface area contributed by atoms with E-state index in [0.717, 1.165) is 0 Å². The average molecular weight is 437 g/mol. The van der Waals surface area contributed by atoms with E-state index in [1.807, 2.05) is 20.1 Å². The number of carbonyl (C=O) groups is 4. The molecular formula is C17H32N4O5S2. The molecule has 0 aliphatic rings. The summed E-state index contributed by atoms with van der Waals surface area (Å²) in [4.78, 5) is 48.2. The number of thioether (sulfide) groups is 1. The van der Waals surface area contributed by atoms with Crippen LogP contribution in [0.1, 0.15) is 33.6 Å². The zero-order chi connectivity index (χ0) is 21.9. The van der Waals surface area contributed by atoms with Gasteiger partial charge in [-0.15, -0.1) is 0 Å². The molecular weight excluding hydrogens is 404 g/mol. The van der Waals surface area contributed by atoms with Crippen LogP contribution in [-0.2, 0) is 19.2 Å². The molecule has 0 saturated carbocycles. The number of amides is 3. The van der Waals surface area contributed by atoms with E-state index in [1.54, 1.807) is 0 Å². The lowest BCUT2D eigenvalue weighted by Crippen LogP contribution is -2.57. The largest absolute Gasteiger partial charge is 0.480 e. The van der Waals surface area contributed by atoms with Crippen molar-refractivity contribution in [2.75, 3.05) is 17.8 Å². The SMILES string of the molecule is CSCCC(NC(=O)C(CS)NC(=O)C(CC(C)C)NC(=O)C(C)N)C(=O)O. The molecule has 0 rings (SSSR count). The predicted molar refractivity (Wildman–Crippen MR) is 113 cm³/mol. The Balaban J connectivity index is 5.09. The second-order valence-corrected chi connectivity index (χ2v) is 8.25. The van der Waals surface area contributed by atoms with Crippen molar-refractivity contribution in [3.63, 3.8) is 0 Å². The highest BCUT2D eigenvalue weighted by Crippen LogP contribution is 2.07. The van der Waals surface area contributed by atoms with Gasteiger partial charge in [-0.1, -0.05) is 13.8 Å². The fourth-order valence-corrected chi connectivity index (χ4v) is 2.97. The van der Waals surface area contributed by atoms with Crippen LogP contribution in [0.5, 0.6) is 0 Å². The van der Waals surface area contributed by atoms with Crippen LogP contribution in [0.2, 0.25) is 0 Å². The summed E-state index contributed by atoms with van der Waals surface area (Å²) < 4.78 is 0. The first kappa shape index (κ1) is 26.5. The van der Waals surface area contributed by atoms with Gasteiger partial charge in [0.15, 0.2) is 0 Å². The highest BCUT2D eigenvalue weighted by molar-refractivity contribution is 7.98. The zero-order valence-electron chi connectivity index (χ0n) is 16.7. The lowest BCUT2D eigenvalue weighted by atomic mass is 10.0. The molecule has 4 atom stereocenters. The Bertz CT molecular complexity index is 546. The van der Waals surface area contributed by atoms with Crippen LogP contribution < -0.4 is 21.7 Å². The van der Waals surface area contributed by atoms with Crippen molar-refractivity contribution in [2.24, 2.45) is 11.7 Å². The summed E-state index contributed by atoms with van der Waals surface area (Å²) in [7, 11) is 0. The lowest BCUT2D eigenvalue weighted by molar-refractivity contribution is -0.142. The molecule has 0 spiro atoms. The first-order valence-electron chi connectivity index (χ1n) is 9.02. The molecule has 0 aliphatic heterocycles. The number of nitrogens with two attached hydrogens (primary N) is 1. The van der Waals surface area contributed by atoms with Crippen molar-refractivity contribution in [1.29, 1.82) is 0 Å². The Morgan fingerprint density at radius 1 is 0.964 bits per heavy atom. The van der Waals surface area contributed by atoms with E-state index in [1.165, 1.54) is 18.7 Å². The number of aliphatic carboxylic acids is 1. The summed E-state index contributed by atoms with van der Waals surface area (Å²) in [6, 6.07) is -3.73. The Hall–Kier alpha value is -1.46. The summed E-state index contributed by atoms with van der Waals surface area (Å²) in [6.45, 7) is 5.29. The number of rotatable bonds is 13. The van der Waals surface area contributed by atoms with Gasteiger partial charge in [0.05, 0.1) is 6.04 Å². The number of carboxylic acids is 1. The highest BCUT2D eigenvalue weighted by atomic mass is 32.2. The molecule has 0 aromatic heterocycles. The number of hydrogen-bond acceptors (Lipinski definition) is 7. The van der Waals surface area contributed by atoms with E-state index in [0.29, 0.717) is 12.2 Å². The van der Waals surface area contributed by atoms with Gasteiger partial charge < -0.3 is 26.8 Å². The Morgan fingerprint density at radius 3 is 1.89 bits per heavy atom. The van der Waals surface area contributed by atoms with E-state index in [9.17, 15) is 24.3 Å². The molecule has 3 amide bonds. The van der Waals surface area contributed by atoms with Gasteiger partial charge >= 0.3 is 5.97 Å². The number of carboxylic acid groups (broad SMARTS) is 1. The van der Waals surface area contributed by atoms with Crippen molar-refractivity contribution < 1.29 is 24.3 Å². The van der Waals surface area contributed by atoms with Crippen LogP contribution in [0.25, 0.3) is 0 Å². The molecule has 28 heavy (non-hydrogen) atoms. The molecule has 0 fully saturated rings. The van der Waals surface area contributed by atoms with Gasteiger partial charge in [-0.2, -0.15) is 24.4 Å². The molecule has 0 radical (unpaired) electrons. The second-order valence-electron chi connectivity index (χ2n) is 6.90. The summed E-state index contributed by atoms with van der Waals surface area (Å²) in [5.74, 6) is -2.16. The average Bonchev–Trinajstić information content (AvgIpc) is 2.61. The van der Waals surface area contributed by atoms with Gasteiger partial charge in [-0.05, 0) is 37.7 Å². The van der Waals surface area contributed by atoms with Gasteiger partial charge in [0, 0.05) is 5.75 Å². The van der Waals surface area contributed by atoms with Crippen LogP contribution in [0.4, 0.5) is 0 Å². The monoisotopic (exact) mass is 436 g/mol. The zero-order valence-corrected chi connectivity index (χ0v) is 18.4. The molecule has 6 N–H and O–H groups in total. The van der Waals surface area contributed by atoms with Crippen molar-refractivity contribution in [1.82, 2.24) is 16.0 Å². The van der Waals surface area contributed by atoms with Gasteiger partial charge in [-0.3, -0.25) is 14.4 Å². The lowest BCUT2D eigenvalue weighted by Gasteiger charge is -2.25. The molecule has 0 aromatic carbocycles. The van der Waals surface area contributed by atoms with Gasteiger partial charge in [0.1, 0.15) is 18.1 Å². The molecule has 0 bridgehead atoms. The molecule has 0 aromatic rings. The fraction of sp³-hybridized carbons (Fsp3) is 0.765. The summed E-state index contributed by atoms with van der Waals surface area (Å²) >= 11 is 5.55. The maximum absolute atomic E-state index is 12.6. The van der Waals surface area contributed by atoms with E-state index < -0.39 is 47.9 Å². The first-order valence-corrected chi connectivity index (χ1v) is 11.0. The van der Waals surface area contributed by atoms with Crippen LogP contribution in [-0.4, -0.2) is 70.7 Å². The summed E-state index contributed by atoms with van der Waals surface area (Å²) in [6.07, 6.45) is 2.45. The second kappa shape index (κ2) is 13.7. The van der Waals surface area contributed by atoms with Crippen molar-refractivity contribution >= 4 is 48.1 Å². The third-order valence-corrected chi connectivity index (χ3v) is 4.80. The van der Waals surface area contributed by atoms with Crippen LogP contribution in [0.15, 0.2) is 0 Å². The van der Waals surface area contributed by atoms with Crippen LogP contribution >= 0.6 is 24.4 Å². The van der Waals surface area contributed by atoms with Gasteiger partial charge in [-0.25, -0.2) is 4.79 Å². The van der Waals surface area contributed by atoms with E-state index in [4.69, 9.17) is 5.73 Å². The third kappa shape index (κ3) is 10.2. The molecule has 9 nitrogen and oxygen atoms in total. The highest BCUT2D eigenvalue weighted by Gasteiger charge is 2.29. The smallest absolute Gasteiger partial charge is 0.326 e. The minimum atomic E-state index is -1.14. The molecule has 11 heteroatoms. The maximum atomic E-state index is 12.6. The number of nitrogens with one attached hydrogen (secondary N) is 3. The van der Waals surface area contributed by atoms with E-state index in [2.05, 4.69) is 28.6 Å². The fourth-order valence-electron chi connectivity index (χ4n) is 2.24. The quantitative estimate of drug-likeness (QED) is 0.215. The van der Waals surface area contributed by atoms with Crippen molar-refractivity contribution in [2.45, 2.75) is 57.8 Å². The van der Waals surface area contributed by atoms with Gasteiger partial charge in [0.25, 0.3) is 0 Å². The van der Waals surface area contributed by atoms with Crippen molar-refractivity contribution in [3.05, 3.63) is 0 Å². The van der Waals surface area contributed by atoms with Gasteiger partial charge in [0.2, 0.25) is 17.7 Å². The number of thiol groups is 1. The van der Waals surface area contributed by atoms with E-state index >= 15 is 0 Å². The predicted octanol–water partition coefficient (Wildman–Crippen LogP) is -0.398. The Morgan fingerprint density at radius 2 is 1.46 bits per heavy atom. The molecule has 0 saturated heterocycles. The Kier molecular flexibility index (Phi) is 13.0. The molecule has 162 valence electrons. The molecule has 0 heterocycles. The topological polar surface area (TPSA) is 151 Å². The van der Waals surface area contributed by atoms with Crippen molar-refractivity contribution in [3.8, 4) is 0 Å². The Labute approximate surface area is 175 Å². The summed E-state index contributed by atoms with van der Waals surface area (Å²) in [5, 5.41) is 16.8. The minimum Gasteiger partial charge on any atom is -0.480 e. The number of carbonyl (C=O) groups excluding carboxylic acids is 3. The summed E-state index contributed by atoms with van der Waals surface area (Å²) in [5.41, 5.74) is 5.54. The number of hydrogen-bond donors (Lipinski definition) is 6. The third-order valence-electron chi connectivity index (χ3n) is 3.79. The first-order chi connectivity index (χ1) is 13.0. The minimum absolute atomic E-state index is 0.0257. The van der Waals surface area contributed by atoms with Crippen LogP contribution in [0, 0.1) is 5.92 Å². The normalized spacial score (nSPS) is 15.2. The van der Waals surface area contributed by atoms with Crippen LogP contribution in [0.3, 0.4) is 0 Å². The van der Waals surface area contributed by atoms with E-state index in [-0.39, 0.29) is 18.1 Å².